The number of carbonyl (C=O) groups excluding carboxylic acids is 2. The minimum atomic E-state index is -0.566. The normalized spacial score (nSPS) is 36.3. The van der Waals surface area contributed by atoms with Gasteiger partial charge in [-0.3, -0.25) is 19.7 Å². The van der Waals surface area contributed by atoms with Gasteiger partial charge in [0.15, 0.2) is 0 Å². The zero-order chi connectivity index (χ0) is 14.8. The lowest BCUT2D eigenvalue weighted by Crippen LogP contribution is -2.37. The van der Waals surface area contributed by atoms with Gasteiger partial charge in [-0.05, 0) is 17.4 Å². The lowest BCUT2D eigenvalue weighted by atomic mass is 9.67. The number of hydrogen-bond acceptors (Lipinski definition) is 4. The first kappa shape index (κ1) is 12.4. The van der Waals surface area contributed by atoms with Gasteiger partial charge in [0, 0.05) is 30.4 Å². The van der Waals surface area contributed by atoms with Crippen molar-refractivity contribution in [1.82, 2.24) is 0 Å². The van der Waals surface area contributed by atoms with Gasteiger partial charge in [0.1, 0.15) is 11.6 Å². The van der Waals surface area contributed by atoms with Crippen LogP contribution in [0.1, 0.15) is 18.4 Å². The van der Waals surface area contributed by atoms with Crippen LogP contribution in [0.5, 0.6) is 0 Å². The van der Waals surface area contributed by atoms with E-state index in [2.05, 4.69) is 12.2 Å². The maximum Gasteiger partial charge on any atom is 0.269 e. The summed E-state index contributed by atoms with van der Waals surface area (Å²) < 4.78 is 0. The highest BCUT2D eigenvalue weighted by Crippen LogP contribution is 2.62. The molecule has 5 nitrogen and oxygen atoms in total. The van der Waals surface area contributed by atoms with Gasteiger partial charge in [0.25, 0.3) is 5.69 Å². The molecule has 4 rings (SSSR count). The number of hydrogen-bond donors (Lipinski definition) is 0. The molecule has 3 aliphatic carbocycles. The molecule has 5 heteroatoms. The van der Waals surface area contributed by atoms with E-state index in [9.17, 15) is 19.7 Å². The first-order chi connectivity index (χ1) is 10.0. The Kier molecular flexibility index (Phi) is 2.29. The second kappa shape index (κ2) is 3.87. The molecule has 0 radical (unpaired) electrons. The van der Waals surface area contributed by atoms with Gasteiger partial charge in [-0.25, -0.2) is 0 Å². The number of Topliss-reactive ketones (excluding diaryl/α,β-unsaturated/α-hetero) is 2. The highest BCUT2D eigenvalue weighted by molar-refractivity contribution is 6.09. The summed E-state index contributed by atoms with van der Waals surface area (Å²) in [5.74, 6) is -0.421. The summed E-state index contributed by atoms with van der Waals surface area (Å²) in [4.78, 5) is 34.8. The van der Waals surface area contributed by atoms with Crippen molar-refractivity contribution in [3.63, 3.8) is 0 Å². The first-order valence-corrected chi connectivity index (χ1v) is 7.04. The van der Waals surface area contributed by atoms with Crippen molar-refractivity contribution in [2.75, 3.05) is 0 Å². The van der Waals surface area contributed by atoms with Crippen molar-refractivity contribution in [3.05, 3.63) is 52.1 Å². The van der Waals surface area contributed by atoms with Crippen LogP contribution in [0.2, 0.25) is 0 Å². The topological polar surface area (TPSA) is 77.3 Å². The molecule has 0 bridgehead atoms. The fourth-order valence-electron chi connectivity index (χ4n) is 4.61. The summed E-state index contributed by atoms with van der Waals surface area (Å²) in [6.45, 7) is 0. The predicted octanol–water partition coefficient (Wildman–Crippen LogP) is 2.20. The van der Waals surface area contributed by atoms with Gasteiger partial charge >= 0.3 is 0 Å². The van der Waals surface area contributed by atoms with Crippen molar-refractivity contribution in [2.24, 2.45) is 17.8 Å². The third-order valence-corrected chi connectivity index (χ3v) is 5.34. The largest absolute Gasteiger partial charge is 0.299 e. The summed E-state index contributed by atoms with van der Waals surface area (Å²) in [7, 11) is 0. The lowest BCUT2D eigenvalue weighted by molar-refractivity contribution is -0.384. The van der Waals surface area contributed by atoms with Crippen LogP contribution in [0.4, 0.5) is 5.69 Å². The Balaban J connectivity index is 1.87. The van der Waals surface area contributed by atoms with E-state index in [1.54, 1.807) is 12.1 Å². The van der Waals surface area contributed by atoms with Crippen LogP contribution in [-0.4, -0.2) is 16.5 Å². The lowest BCUT2D eigenvalue weighted by Gasteiger charge is -2.34. The monoisotopic (exact) mass is 283 g/mol. The SMILES string of the molecule is O=C1CC2C=CC3CC(=O)C1C23c1ccc([N+](=O)[O-])cc1. The molecule has 2 unspecified atom stereocenters. The molecule has 0 spiro atoms. The molecule has 106 valence electrons. The van der Waals surface area contributed by atoms with Gasteiger partial charge in [0.05, 0.1) is 10.8 Å². The van der Waals surface area contributed by atoms with Crippen molar-refractivity contribution in [1.29, 1.82) is 0 Å². The van der Waals surface area contributed by atoms with Gasteiger partial charge in [0.2, 0.25) is 0 Å². The van der Waals surface area contributed by atoms with Crippen LogP contribution in [0.15, 0.2) is 36.4 Å². The molecule has 0 aliphatic heterocycles. The summed E-state index contributed by atoms with van der Waals surface area (Å²) in [5, 5.41) is 10.8. The van der Waals surface area contributed by atoms with Crippen LogP contribution < -0.4 is 0 Å². The standard InChI is InChI=1S/C16H13NO4/c18-13-7-10-1-2-11-8-14(19)15(13)16(10,11)9-3-5-12(6-4-9)17(20)21/h1-6,10-11,15H,7-8H2. The fourth-order valence-corrected chi connectivity index (χ4v) is 4.61. The molecule has 0 aromatic heterocycles. The van der Waals surface area contributed by atoms with E-state index < -0.39 is 16.3 Å². The molecule has 1 aromatic rings. The number of non-ortho nitro benzene ring substituents is 1. The van der Waals surface area contributed by atoms with E-state index in [0.717, 1.165) is 5.56 Å². The Morgan fingerprint density at radius 1 is 1.00 bits per heavy atom. The second-order valence-corrected chi connectivity index (χ2v) is 6.11. The number of ketones is 2. The van der Waals surface area contributed by atoms with E-state index >= 15 is 0 Å². The van der Waals surface area contributed by atoms with Crippen LogP contribution in [0, 0.1) is 27.9 Å². The molecule has 2 fully saturated rings. The smallest absolute Gasteiger partial charge is 0.269 e. The molecule has 0 saturated heterocycles. The third-order valence-electron chi connectivity index (χ3n) is 5.34. The number of carbonyl (C=O) groups is 2. The molecular weight excluding hydrogens is 270 g/mol. The van der Waals surface area contributed by atoms with Gasteiger partial charge in [-0.2, -0.15) is 0 Å². The molecule has 21 heavy (non-hydrogen) atoms. The fraction of sp³-hybridized carbons (Fsp3) is 0.375. The Bertz CT molecular complexity index is 675. The predicted molar refractivity (Wildman–Crippen MR) is 73.6 cm³/mol. The van der Waals surface area contributed by atoms with Crippen LogP contribution in [0.3, 0.4) is 0 Å². The van der Waals surface area contributed by atoms with Crippen LogP contribution in [-0.2, 0) is 15.0 Å². The highest BCUT2D eigenvalue weighted by atomic mass is 16.6. The van der Waals surface area contributed by atoms with Crippen molar-refractivity contribution < 1.29 is 14.5 Å². The molecule has 3 aliphatic rings. The maximum absolute atomic E-state index is 12.2. The molecule has 0 heterocycles. The van der Waals surface area contributed by atoms with E-state index in [1.165, 1.54) is 12.1 Å². The maximum atomic E-state index is 12.2. The number of nitro groups is 1. The van der Waals surface area contributed by atoms with E-state index in [1.807, 2.05) is 0 Å². The third kappa shape index (κ3) is 1.36. The van der Waals surface area contributed by atoms with Crippen LogP contribution >= 0.6 is 0 Å². The van der Waals surface area contributed by atoms with Crippen LogP contribution in [0.25, 0.3) is 0 Å². The number of nitrogens with zero attached hydrogens (tertiary/aromatic N) is 1. The zero-order valence-electron chi connectivity index (χ0n) is 11.2. The molecule has 1 aromatic carbocycles. The Labute approximate surface area is 120 Å². The van der Waals surface area contributed by atoms with E-state index in [-0.39, 0.29) is 29.1 Å². The Morgan fingerprint density at radius 3 is 2.00 bits per heavy atom. The summed E-state index contributed by atoms with van der Waals surface area (Å²) >= 11 is 0. The Hall–Kier alpha value is -2.30. The molecule has 2 saturated carbocycles. The number of benzene rings is 1. The van der Waals surface area contributed by atoms with Gasteiger partial charge in [-0.1, -0.05) is 24.3 Å². The van der Waals surface area contributed by atoms with Gasteiger partial charge in [-0.15, -0.1) is 0 Å². The second-order valence-electron chi connectivity index (χ2n) is 6.11. The molecule has 0 amide bonds. The van der Waals surface area contributed by atoms with E-state index in [4.69, 9.17) is 0 Å². The Morgan fingerprint density at radius 2 is 1.52 bits per heavy atom. The number of rotatable bonds is 2. The van der Waals surface area contributed by atoms with E-state index in [0.29, 0.717) is 12.8 Å². The minimum absolute atomic E-state index is 0.0233. The zero-order valence-corrected chi connectivity index (χ0v) is 11.2. The quantitative estimate of drug-likeness (QED) is 0.361. The highest BCUT2D eigenvalue weighted by Gasteiger charge is 2.66. The van der Waals surface area contributed by atoms with Crippen molar-refractivity contribution >= 4 is 17.3 Å². The summed E-state index contributed by atoms with van der Waals surface area (Å²) in [5.41, 5.74) is 0.430. The summed E-state index contributed by atoms with van der Waals surface area (Å²) in [6, 6.07) is 6.36. The molecule has 0 N–H and O–H groups in total. The molecule has 2 atom stereocenters. The van der Waals surface area contributed by atoms with Crippen molar-refractivity contribution in [3.8, 4) is 0 Å². The number of nitro benzene ring substituents is 1. The first-order valence-electron chi connectivity index (χ1n) is 7.04. The van der Waals surface area contributed by atoms with Crippen molar-refractivity contribution in [2.45, 2.75) is 18.3 Å². The number of allylic oxidation sites excluding steroid dienone is 2. The average Bonchev–Trinajstić information content (AvgIpc) is 3.04. The minimum Gasteiger partial charge on any atom is -0.299 e. The summed E-state index contributed by atoms with van der Waals surface area (Å²) in [6.07, 6.45) is 4.91. The average molecular weight is 283 g/mol. The van der Waals surface area contributed by atoms with Gasteiger partial charge < -0.3 is 0 Å². The molecular formula is C16H13NO4.